The summed E-state index contributed by atoms with van der Waals surface area (Å²) in [6.07, 6.45) is 9.40. The van der Waals surface area contributed by atoms with Crippen molar-refractivity contribution in [3.8, 4) is 0 Å². The van der Waals surface area contributed by atoms with Gasteiger partial charge < -0.3 is 16.0 Å². The molecule has 0 spiro atoms. The number of carbonyl (C=O) groups excluding carboxylic acids is 1. The predicted molar refractivity (Wildman–Crippen MR) is 165 cm³/mol. The molecule has 4 N–H and O–H groups in total. The number of carbonyl (C=O) groups is 1. The molecule has 42 heavy (non-hydrogen) atoms. The number of anilines is 4. The molecule has 2 heterocycles. The molecule has 0 bridgehead atoms. The van der Waals surface area contributed by atoms with Gasteiger partial charge in [-0.1, -0.05) is 50.8 Å². The second kappa shape index (κ2) is 13.9. The largest absolute Gasteiger partial charge is 0.352 e. The molecule has 1 atom stereocenters. The molecule has 1 aromatic heterocycles. The van der Waals surface area contributed by atoms with Crippen LogP contribution in [0, 0.1) is 0 Å². The van der Waals surface area contributed by atoms with Gasteiger partial charge in [0, 0.05) is 29.9 Å². The zero-order valence-corrected chi connectivity index (χ0v) is 24.9. The van der Waals surface area contributed by atoms with Gasteiger partial charge in [0.05, 0.1) is 4.90 Å². The van der Waals surface area contributed by atoms with E-state index in [9.17, 15) is 13.2 Å². The maximum absolute atomic E-state index is 12.8. The Morgan fingerprint density at radius 2 is 1.55 bits per heavy atom. The number of aromatic nitrogens is 3. The Morgan fingerprint density at radius 3 is 2.26 bits per heavy atom. The molecule has 0 radical (unpaired) electrons. The maximum Gasteiger partial charge on any atom is 0.264 e. The van der Waals surface area contributed by atoms with Crippen LogP contribution in [0.4, 0.5) is 23.5 Å². The summed E-state index contributed by atoms with van der Waals surface area (Å²) in [5.41, 5.74) is 0.871. The number of nitrogens with zero attached hydrogens (tertiary/aromatic N) is 4. The number of likely N-dealkylation sites (tertiary alicyclic amines) is 1. The molecule has 224 valence electrons. The van der Waals surface area contributed by atoms with Crippen LogP contribution in [0.25, 0.3) is 0 Å². The maximum atomic E-state index is 12.8. The average Bonchev–Trinajstić information content (AvgIpc) is 3.30. The van der Waals surface area contributed by atoms with Crippen molar-refractivity contribution in [1.82, 2.24) is 24.6 Å². The van der Waals surface area contributed by atoms with Crippen molar-refractivity contribution in [2.75, 3.05) is 35.6 Å². The summed E-state index contributed by atoms with van der Waals surface area (Å²) in [5.74, 6) is 0.685. The number of hydrogen-bond donors (Lipinski definition) is 4. The van der Waals surface area contributed by atoms with Crippen LogP contribution in [-0.4, -0.2) is 65.9 Å². The van der Waals surface area contributed by atoms with Crippen LogP contribution in [0.1, 0.15) is 68.6 Å². The SMILES string of the molecule is CCN1CCCC1CNc1nc(Nc2ccc(S(=O)(=O)NC(=O)c3ccccc3)cc2)nc(NC2CCCCCC2)n1. The molecule has 5 rings (SSSR count). The highest BCUT2D eigenvalue weighted by Crippen LogP contribution is 2.23. The number of sulfonamides is 1. The van der Waals surface area contributed by atoms with Gasteiger partial charge in [-0.25, -0.2) is 13.1 Å². The van der Waals surface area contributed by atoms with Gasteiger partial charge in [-0.05, 0) is 75.2 Å². The molecule has 1 amide bonds. The Labute approximate surface area is 248 Å². The van der Waals surface area contributed by atoms with Gasteiger partial charge in [-0.2, -0.15) is 15.0 Å². The number of nitrogens with one attached hydrogen (secondary N) is 4. The van der Waals surface area contributed by atoms with Crippen molar-refractivity contribution in [2.24, 2.45) is 0 Å². The number of hydrogen-bond acceptors (Lipinski definition) is 10. The van der Waals surface area contributed by atoms with Gasteiger partial charge in [0.15, 0.2) is 0 Å². The summed E-state index contributed by atoms with van der Waals surface area (Å²) >= 11 is 0. The van der Waals surface area contributed by atoms with E-state index in [1.54, 1.807) is 42.5 Å². The van der Waals surface area contributed by atoms with E-state index in [1.807, 2.05) is 0 Å². The van der Waals surface area contributed by atoms with Crippen LogP contribution in [0.2, 0.25) is 0 Å². The van der Waals surface area contributed by atoms with Crippen molar-refractivity contribution in [2.45, 2.75) is 75.3 Å². The molecule has 1 saturated carbocycles. The third-order valence-corrected chi connectivity index (χ3v) is 9.26. The van der Waals surface area contributed by atoms with Gasteiger partial charge in [-0.15, -0.1) is 0 Å². The van der Waals surface area contributed by atoms with Crippen LogP contribution >= 0.6 is 0 Å². The summed E-state index contributed by atoms with van der Waals surface area (Å²) in [7, 11) is -4.04. The van der Waals surface area contributed by atoms with Crippen molar-refractivity contribution < 1.29 is 13.2 Å². The Hall–Kier alpha value is -3.77. The fourth-order valence-electron chi connectivity index (χ4n) is 5.61. The first-order valence-corrected chi connectivity index (χ1v) is 16.4. The third kappa shape index (κ3) is 7.95. The van der Waals surface area contributed by atoms with Crippen molar-refractivity contribution in [3.63, 3.8) is 0 Å². The summed E-state index contributed by atoms with van der Waals surface area (Å²) in [5, 5.41) is 10.1. The van der Waals surface area contributed by atoms with E-state index >= 15 is 0 Å². The molecular weight excluding hydrogens is 552 g/mol. The zero-order chi connectivity index (χ0) is 29.4. The first kappa shape index (κ1) is 29.7. The lowest BCUT2D eigenvalue weighted by Gasteiger charge is -2.23. The van der Waals surface area contributed by atoms with E-state index in [2.05, 4.69) is 47.4 Å². The highest BCUT2D eigenvalue weighted by Gasteiger charge is 2.23. The molecule has 1 aliphatic heterocycles. The zero-order valence-electron chi connectivity index (χ0n) is 24.1. The van der Waals surface area contributed by atoms with Gasteiger partial charge in [0.2, 0.25) is 17.8 Å². The van der Waals surface area contributed by atoms with Crippen LogP contribution < -0.4 is 20.7 Å². The van der Waals surface area contributed by atoms with E-state index in [0.717, 1.165) is 38.9 Å². The molecule has 2 aliphatic rings. The summed E-state index contributed by atoms with van der Waals surface area (Å²) in [4.78, 5) is 28.8. The van der Waals surface area contributed by atoms with Crippen LogP contribution in [0.3, 0.4) is 0 Å². The number of benzene rings is 2. The number of rotatable bonds is 11. The van der Waals surface area contributed by atoms with Crippen molar-refractivity contribution >= 4 is 39.5 Å². The highest BCUT2D eigenvalue weighted by molar-refractivity contribution is 7.90. The van der Waals surface area contributed by atoms with Gasteiger partial charge in [-0.3, -0.25) is 9.69 Å². The predicted octanol–water partition coefficient (Wildman–Crippen LogP) is 4.76. The van der Waals surface area contributed by atoms with Crippen molar-refractivity contribution in [3.05, 3.63) is 60.2 Å². The first-order chi connectivity index (χ1) is 20.4. The fourth-order valence-corrected chi connectivity index (χ4v) is 6.58. The van der Waals surface area contributed by atoms with E-state index < -0.39 is 15.9 Å². The van der Waals surface area contributed by atoms with Crippen LogP contribution in [-0.2, 0) is 10.0 Å². The standard InChI is InChI=1S/C30H40N8O3S/c1-2-38-20-10-15-25(38)21-31-28-34-29(32-23-13-8-3-4-9-14-23)36-30(35-28)33-24-16-18-26(19-17-24)42(40,41)37-27(39)22-11-6-5-7-12-22/h5-7,11-12,16-19,23,25H,2-4,8-10,13-15,20-21H2,1H3,(H,37,39)(H3,31,32,33,34,35,36). The molecule has 2 fully saturated rings. The Bertz CT molecular complexity index is 1430. The second-order valence-corrected chi connectivity index (χ2v) is 12.6. The monoisotopic (exact) mass is 592 g/mol. The summed E-state index contributed by atoms with van der Waals surface area (Å²) in [6, 6.07) is 15.1. The summed E-state index contributed by atoms with van der Waals surface area (Å²) < 4.78 is 27.7. The molecule has 1 unspecified atom stereocenters. The number of likely N-dealkylation sites (N-methyl/N-ethyl adjacent to an activating group) is 1. The minimum Gasteiger partial charge on any atom is -0.352 e. The minimum atomic E-state index is -4.04. The lowest BCUT2D eigenvalue weighted by atomic mass is 10.1. The lowest BCUT2D eigenvalue weighted by Crippen LogP contribution is -2.35. The Kier molecular flexibility index (Phi) is 9.85. The van der Waals surface area contributed by atoms with Crippen LogP contribution in [0.5, 0.6) is 0 Å². The molecule has 1 saturated heterocycles. The lowest BCUT2D eigenvalue weighted by molar-refractivity contribution is 0.0981. The highest BCUT2D eigenvalue weighted by atomic mass is 32.2. The minimum absolute atomic E-state index is 0.0249. The first-order valence-electron chi connectivity index (χ1n) is 14.9. The van der Waals surface area contributed by atoms with E-state index in [1.165, 1.54) is 44.2 Å². The Balaban J connectivity index is 1.30. The topological polar surface area (TPSA) is 141 Å². The normalized spacial score (nSPS) is 18.3. The van der Waals surface area contributed by atoms with E-state index in [-0.39, 0.29) is 10.5 Å². The molecule has 1 aliphatic carbocycles. The molecule has 12 heteroatoms. The molecular formula is C30H40N8O3S. The quantitative estimate of drug-likeness (QED) is 0.230. The Morgan fingerprint density at radius 1 is 0.857 bits per heavy atom. The second-order valence-electron chi connectivity index (χ2n) is 10.9. The average molecular weight is 593 g/mol. The molecule has 2 aromatic carbocycles. The van der Waals surface area contributed by atoms with Crippen molar-refractivity contribution in [1.29, 1.82) is 0 Å². The van der Waals surface area contributed by atoms with E-state index in [4.69, 9.17) is 0 Å². The van der Waals surface area contributed by atoms with E-state index in [0.29, 0.717) is 35.6 Å². The van der Waals surface area contributed by atoms with Gasteiger partial charge in [0.1, 0.15) is 0 Å². The van der Waals surface area contributed by atoms with Gasteiger partial charge in [0.25, 0.3) is 15.9 Å². The third-order valence-electron chi connectivity index (χ3n) is 7.91. The smallest absolute Gasteiger partial charge is 0.264 e. The fraction of sp³-hybridized carbons (Fsp3) is 0.467. The molecule has 11 nitrogen and oxygen atoms in total. The van der Waals surface area contributed by atoms with Crippen LogP contribution in [0.15, 0.2) is 59.5 Å². The van der Waals surface area contributed by atoms with Gasteiger partial charge >= 0.3 is 0 Å². The molecule has 3 aromatic rings. The number of amides is 1. The summed E-state index contributed by atoms with van der Waals surface area (Å²) in [6.45, 7) is 5.07.